The molecule has 0 aliphatic heterocycles. The van der Waals surface area contributed by atoms with Crippen LogP contribution >= 0.6 is 0 Å². The molecule has 3 nitrogen and oxygen atoms in total. The highest BCUT2D eigenvalue weighted by Crippen LogP contribution is 2.24. The molecule has 0 fully saturated rings. The first-order valence-corrected chi connectivity index (χ1v) is 8.47. The van der Waals surface area contributed by atoms with Crippen molar-refractivity contribution >= 4 is 11.6 Å². The van der Waals surface area contributed by atoms with E-state index in [9.17, 15) is 9.18 Å². The zero-order valence-electron chi connectivity index (χ0n) is 15.1. The quantitative estimate of drug-likeness (QED) is 0.685. The monoisotopic (exact) mass is 348 g/mol. The Bertz CT molecular complexity index is 910. The smallest absolute Gasteiger partial charge is 0.255 e. The standard InChI is InChI=1S/C22H21FN2O/c1-22(2,3)17-10-12-18(13-11-17)25-21(26)16-8-6-15(7-9-16)20-19(23)5-4-14-24-20/h4-14H,1-3H3,(H,25,26). The molecule has 1 aromatic heterocycles. The molecule has 0 aliphatic rings. The van der Waals surface area contributed by atoms with Crippen molar-refractivity contribution in [2.75, 3.05) is 5.32 Å². The summed E-state index contributed by atoms with van der Waals surface area (Å²) in [5.41, 5.74) is 3.43. The molecule has 0 spiro atoms. The highest BCUT2D eigenvalue weighted by atomic mass is 19.1. The molecule has 0 unspecified atom stereocenters. The lowest BCUT2D eigenvalue weighted by Gasteiger charge is -2.19. The summed E-state index contributed by atoms with van der Waals surface area (Å²) >= 11 is 0. The molecule has 3 rings (SSSR count). The fraction of sp³-hybridized carbons (Fsp3) is 0.182. The van der Waals surface area contributed by atoms with E-state index in [-0.39, 0.29) is 22.8 Å². The minimum Gasteiger partial charge on any atom is -0.322 e. The molecule has 1 amide bonds. The van der Waals surface area contributed by atoms with Gasteiger partial charge in [-0.15, -0.1) is 0 Å². The molecule has 2 aromatic carbocycles. The van der Waals surface area contributed by atoms with Crippen LogP contribution in [0.1, 0.15) is 36.7 Å². The van der Waals surface area contributed by atoms with Gasteiger partial charge in [-0.25, -0.2) is 4.39 Å². The Balaban J connectivity index is 1.73. The molecule has 1 heterocycles. The van der Waals surface area contributed by atoms with E-state index in [1.165, 1.54) is 11.6 Å². The Morgan fingerprint density at radius 1 is 0.962 bits per heavy atom. The maximum atomic E-state index is 13.8. The third kappa shape index (κ3) is 3.97. The summed E-state index contributed by atoms with van der Waals surface area (Å²) < 4.78 is 13.8. The van der Waals surface area contributed by atoms with E-state index in [2.05, 4.69) is 31.1 Å². The second kappa shape index (κ2) is 7.08. The molecule has 132 valence electrons. The zero-order valence-corrected chi connectivity index (χ0v) is 15.1. The molecule has 3 aromatic rings. The number of pyridine rings is 1. The van der Waals surface area contributed by atoms with Gasteiger partial charge in [-0.1, -0.05) is 45.0 Å². The topological polar surface area (TPSA) is 42.0 Å². The molecule has 0 saturated heterocycles. The van der Waals surface area contributed by atoms with Gasteiger partial charge in [-0.05, 0) is 47.4 Å². The number of hydrogen-bond acceptors (Lipinski definition) is 2. The summed E-state index contributed by atoms with van der Waals surface area (Å²) in [7, 11) is 0. The Morgan fingerprint density at radius 3 is 2.19 bits per heavy atom. The van der Waals surface area contributed by atoms with Crippen LogP contribution in [0.15, 0.2) is 66.9 Å². The van der Waals surface area contributed by atoms with E-state index in [1.54, 1.807) is 36.5 Å². The van der Waals surface area contributed by atoms with Crippen LogP contribution in [0, 0.1) is 5.82 Å². The van der Waals surface area contributed by atoms with Crippen LogP contribution in [0.2, 0.25) is 0 Å². The Labute approximate surface area is 152 Å². The van der Waals surface area contributed by atoms with Crippen LogP contribution in [0.5, 0.6) is 0 Å². The second-order valence-electron chi connectivity index (χ2n) is 7.19. The fourth-order valence-corrected chi connectivity index (χ4v) is 2.63. The number of nitrogens with one attached hydrogen (secondary N) is 1. The van der Waals surface area contributed by atoms with Gasteiger partial charge >= 0.3 is 0 Å². The maximum Gasteiger partial charge on any atom is 0.255 e. The van der Waals surface area contributed by atoms with E-state index >= 15 is 0 Å². The number of anilines is 1. The van der Waals surface area contributed by atoms with Crippen molar-refractivity contribution in [1.29, 1.82) is 0 Å². The van der Waals surface area contributed by atoms with E-state index in [1.807, 2.05) is 24.3 Å². The largest absolute Gasteiger partial charge is 0.322 e. The lowest BCUT2D eigenvalue weighted by molar-refractivity contribution is 0.102. The number of benzene rings is 2. The average molecular weight is 348 g/mol. The molecule has 26 heavy (non-hydrogen) atoms. The molecular weight excluding hydrogens is 327 g/mol. The van der Waals surface area contributed by atoms with Crippen molar-refractivity contribution in [2.45, 2.75) is 26.2 Å². The summed E-state index contributed by atoms with van der Waals surface area (Å²) in [4.78, 5) is 16.5. The van der Waals surface area contributed by atoms with Crippen LogP contribution in [-0.2, 0) is 5.41 Å². The van der Waals surface area contributed by atoms with E-state index in [0.717, 1.165) is 5.69 Å². The lowest BCUT2D eigenvalue weighted by Crippen LogP contribution is -2.13. The van der Waals surface area contributed by atoms with Crippen LogP contribution in [0.25, 0.3) is 11.3 Å². The van der Waals surface area contributed by atoms with Crippen LogP contribution in [0.4, 0.5) is 10.1 Å². The molecule has 0 bridgehead atoms. The fourth-order valence-electron chi connectivity index (χ4n) is 2.63. The molecule has 0 radical (unpaired) electrons. The van der Waals surface area contributed by atoms with Crippen molar-refractivity contribution < 1.29 is 9.18 Å². The van der Waals surface area contributed by atoms with E-state index < -0.39 is 0 Å². The number of amides is 1. The number of hydrogen-bond donors (Lipinski definition) is 1. The summed E-state index contributed by atoms with van der Waals surface area (Å²) in [6.45, 7) is 6.44. The van der Waals surface area contributed by atoms with Gasteiger partial charge in [0.1, 0.15) is 11.5 Å². The van der Waals surface area contributed by atoms with E-state index in [4.69, 9.17) is 0 Å². The van der Waals surface area contributed by atoms with Crippen LogP contribution < -0.4 is 5.32 Å². The second-order valence-corrected chi connectivity index (χ2v) is 7.19. The van der Waals surface area contributed by atoms with E-state index in [0.29, 0.717) is 11.1 Å². The first-order valence-electron chi connectivity index (χ1n) is 8.47. The number of aromatic nitrogens is 1. The summed E-state index contributed by atoms with van der Waals surface area (Å²) in [6, 6.07) is 17.5. The highest BCUT2D eigenvalue weighted by Gasteiger charge is 2.14. The number of carbonyl (C=O) groups is 1. The summed E-state index contributed by atoms with van der Waals surface area (Å²) in [6.07, 6.45) is 1.54. The van der Waals surface area contributed by atoms with Crippen LogP contribution in [0.3, 0.4) is 0 Å². The van der Waals surface area contributed by atoms with Gasteiger partial charge in [-0.2, -0.15) is 0 Å². The molecule has 0 atom stereocenters. The van der Waals surface area contributed by atoms with Crippen molar-refractivity contribution in [3.8, 4) is 11.3 Å². The van der Waals surface area contributed by atoms with Crippen LogP contribution in [-0.4, -0.2) is 10.9 Å². The minimum absolute atomic E-state index is 0.0686. The predicted molar refractivity (Wildman–Crippen MR) is 103 cm³/mol. The Hall–Kier alpha value is -3.01. The molecule has 0 saturated carbocycles. The van der Waals surface area contributed by atoms with Crippen molar-refractivity contribution in [3.63, 3.8) is 0 Å². The maximum absolute atomic E-state index is 13.8. The first kappa shape index (κ1) is 17.8. The Morgan fingerprint density at radius 2 is 1.62 bits per heavy atom. The summed E-state index contributed by atoms with van der Waals surface area (Å²) in [5.74, 6) is -0.592. The number of rotatable bonds is 3. The number of nitrogens with zero attached hydrogens (tertiary/aromatic N) is 1. The predicted octanol–water partition coefficient (Wildman–Crippen LogP) is 5.44. The van der Waals surface area contributed by atoms with Gasteiger partial charge in [-0.3, -0.25) is 9.78 Å². The van der Waals surface area contributed by atoms with Crippen molar-refractivity contribution in [2.24, 2.45) is 0 Å². The minimum atomic E-state index is -0.386. The third-order valence-corrected chi connectivity index (χ3v) is 4.19. The van der Waals surface area contributed by atoms with Gasteiger partial charge in [0.25, 0.3) is 5.91 Å². The zero-order chi connectivity index (χ0) is 18.7. The molecule has 0 aliphatic carbocycles. The highest BCUT2D eigenvalue weighted by molar-refractivity contribution is 6.04. The Kier molecular flexibility index (Phi) is 4.85. The molecule has 1 N–H and O–H groups in total. The molecular formula is C22H21FN2O. The first-order chi connectivity index (χ1) is 12.3. The molecule has 4 heteroatoms. The SMILES string of the molecule is CC(C)(C)c1ccc(NC(=O)c2ccc(-c3ncccc3F)cc2)cc1. The number of halogens is 1. The van der Waals surface area contributed by atoms with Crippen molar-refractivity contribution in [1.82, 2.24) is 4.98 Å². The van der Waals surface area contributed by atoms with Gasteiger partial charge in [0, 0.05) is 23.0 Å². The lowest BCUT2D eigenvalue weighted by atomic mass is 9.87. The number of carbonyl (C=O) groups excluding carboxylic acids is 1. The van der Waals surface area contributed by atoms with Gasteiger partial charge < -0.3 is 5.32 Å². The normalized spacial score (nSPS) is 11.2. The van der Waals surface area contributed by atoms with Gasteiger partial charge in [0.15, 0.2) is 0 Å². The third-order valence-electron chi connectivity index (χ3n) is 4.19. The van der Waals surface area contributed by atoms with Crippen molar-refractivity contribution in [3.05, 3.63) is 83.8 Å². The average Bonchev–Trinajstić information content (AvgIpc) is 2.62. The summed E-state index contributed by atoms with van der Waals surface area (Å²) in [5, 5.41) is 2.88. The van der Waals surface area contributed by atoms with Gasteiger partial charge in [0.05, 0.1) is 0 Å². The van der Waals surface area contributed by atoms with Gasteiger partial charge in [0.2, 0.25) is 0 Å².